The lowest BCUT2D eigenvalue weighted by molar-refractivity contribution is 0.155. The van der Waals surface area contributed by atoms with E-state index in [9.17, 15) is 8.78 Å². The monoisotopic (exact) mass is 588 g/mol. The van der Waals surface area contributed by atoms with E-state index in [4.69, 9.17) is 4.74 Å². The lowest BCUT2D eigenvalue weighted by atomic mass is 9.68. The average Bonchev–Trinajstić information content (AvgIpc) is 3.04. The maximum atomic E-state index is 15.4. The first-order chi connectivity index (χ1) is 21.0. The average molecular weight is 589 g/mol. The highest BCUT2D eigenvalue weighted by atomic mass is 19.2. The van der Waals surface area contributed by atoms with Gasteiger partial charge in [0, 0.05) is 11.1 Å². The molecular formula is C39H47F3O. The van der Waals surface area contributed by atoms with Crippen LogP contribution in [0.3, 0.4) is 0 Å². The van der Waals surface area contributed by atoms with Gasteiger partial charge in [-0.25, -0.2) is 8.78 Å². The molecule has 0 spiro atoms. The molecule has 0 aliphatic heterocycles. The normalized spacial score (nSPS) is 22.3. The van der Waals surface area contributed by atoms with E-state index in [2.05, 4.69) is 19.6 Å². The van der Waals surface area contributed by atoms with Crippen molar-refractivity contribution in [3.8, 4) is 28.0 Å². The predicted molar refractivity (Wildman–Crippen MR) is 172 cm³/mol. The molecule has 3 aromatic rings. The molecular weight excluding hydrogens is 541 g/mol. The molecule has 0 unspecified atom stereocenters. The van der Waals surface area contributed by atoms with Crippen molar-refractivity contribution in [3.63, 3.8) is 0 Å². The summed E-state index contributed by atoms with van der Waals surface area (Å²) in [6, 6.07) is 15.6. The standard InChI is InChI=1S/C39H47F3O/c1-3-5-7-8-27-9-11-28(12-10-27)29-13-15-30(16-14-29)33-21-22-34(36(40)26-33)31-17-19-32(20-18-31)35-23-24-37(39(42)38(35)41)43-25-6-4-2/h4,17-24,26-30H,2-3,5-16,25H2,1H3. The van der Waals surface area contributed by atoms with Gasteiger partial charge in [-0.2, -0.15) is 4.39 Å². The quantitative estimate of drug-likeness (QED) is 0.151. The maximum Gasteiger partial charge on any atom is 0.201 e. The lowest BCUT2D eigenvalue weighted by Crippen LogP contribution is -2.25. The molecule has 0 saturated heterocycles. The predicted octanol–water partition coefficient (Wildman–Crippen LogP) is 12.1. The lowest BCUT2D eigenvalue weighted by Gasteiger charge is -2.38. The molecule has 0 aromatic heterocycles. The first-order valence-corrected chi connectivity index (χ1v) is 16.6. The summed E-state index contributed by atoms with van der Waals surface area (Å²) in [6.07, 6.45) is 18.2. The first kappa shape index (κ1) is 31.4. The minimum atomic E-state index is -1.01. The summed E-state index contributed by atoms with van der Waals surface area (Å²) < 4.78 is 50.1. The fourth-order valence-corrected chi connectivity index (χ4v) is 7.52. The van der Waals surface area contributed by atoms with Gasteiger partial charge in [-0.3, -0.25) is 0 Å². The molecule has 5 rings (SSSR count). The van der Waals surface area contributed by atoms with Crippen molar-refractivity contribution in [2.75, 3.05) is 6.61 Å². The molecule has 0 atom stereocenters. The van der Waals surface area contributed by atoms with Gasteiger partial charge < -0.3 is 4.74 Å². The Labute approximate surface area is 256 Å². The number of rotatable bonds is 12. The Morgan fingerprint density at radius 3 is 2.00 bits per heavy atom. The highest BCUT2D eigenvalue weighted by Crippen LogP contribution is 2.45. The van der Waals surface area contributed by atoms with Crippen LogP contribution in [0.1, 0.15) is 102 Å². The highest BCUT2D eigenvalue weighted by molar-refractivity contribution is 5.71. The maximum absolute atomic E-state index is 15.4. The fraction of sp³-hybridized carbons (Fsp3) is 0.487. The van der Waals surface area contributed by atoms with E-state index in [1.165, 1.54) is 76.3 Å². The molecule has 4 heteroatoms. The van der Waals surface area contributed by atoms with E-state index >= 15 is 4.39 Å². The molecule has 3 aromatic carbocycles. The Hall–Kier alpha value is -3.01. The van der Waals surface area contributed by atoms with E-state index in [0.29, 0.717) is 29.0 Å². The van der Waals surface area contributed by atoms with Gasteiger partial charge in [-0.05, 0) is 104 Å². The first-order valence-electron chi connectivity index (χ1n) is 16.6. The molecule has 2 fully saturated rings. The largest absolute Gasteiger partial charge is 0.490 e. The Kier molecular flexibility index (Phi) is 11.1. The van der Waals surface area contributed by atoms with E-state index in [1.54, 1.807) is 36.4 Å². The van der Waals surface area contributed by atoms with E-state index < -0.39 is 11.6 Å². The molecule has 2 aliphatic carbocycles. The number of hydrogen-bond acceptors (Lipinski definition) is 1. The fourth-order valence-electron chi connectivity index (χ4n) is 7.52. The van der Waals surface area contributed by atoms with Gasteiger partial charge in [0.2, 0.25) is 5.82 Å². The smallest absolute Gasteiger partial charge is 0.201 e. The van der Waals surface area contributed by atoms with Gasteiger partial charge in [0.15, 0.2) is 11.6 Å². The number of ether oxygens (including phenoxy) is 1. The topological polar surface area (TPSA) is 9.23 Å². The molecule has 230 valence electrons. The number of unbranched alkanes of at least 4 members (excludes halogenated alkanes) is 2. The molecule has 43 heavy (non-hydrogen) atoms. The second kappa shape index (κ2) is 15.1. The van der Waals surface area contributed by atoms with Crippen LogP contribution in [0.5, 0.6) is 5.75 Å². The van der Waals surface area contributed by atoms with Gasteiger partial charge in [0.25, 0.3) is 0 Å². The molecule has 0 heterocycles. The highest BCUT2D eigenvalue weighted by Gasteiger charge is 2.31. The van der Waals surface area contributed by atoms with E-state index in [0.717, 1.165) is 36.2 Å². The second-order valence-corrected chi connectivity index (χ2v) is 12.9. The minimum absolute atomic E-state index is 0.115. The van der Waals surface area contributed by atoms with E-state index in [1.807, 2.05) is 6.07 Å². The van der Waals surface area contributed by atoms with Crippen molar-refractivity contribution < 1.29 is 17.9 Å². The van der Waals surface area contributed by atoms with Crippen LogP contribution in [-0.4, -0.2) is 6.61 Å². The van der Waals surface area contributed by atoms with Crippen LogP contribution >= 0.6 is 0 Å². The van der Waals surface area contributed by atoms with Crippen molar-refractivity contribution in [1.82, 2.24) is 0 Å². The molecule has 2 aliphatic rings. The minimum Gasteiger partial charge on any atom is -0.490 e. The zero-order chi connectivity index (χ0) is 30.2. The van der Waals surface area contributed by atoms with Gasteiger partial charge >= 0.3 is 0 Å². The van der Waals surface area contributed by atoms with Gasteiger partial charge in [0.1, 0.15) is 5.82 Å². The van der Waals surface area contributed by atoms with Crippen LogP contribution < -0.4 is 4.74 Å². The summed E-state index contributed by atoms with van der Waals surface area (Å²) in [6.45, 7) is 6.12. The number of hydrogen-bond donors (Lipinski definition) is 0. The van der Waals surface area contributed by atoms with Crippen LogP contribution in [-0.2, 0) is 0 Å². The molecule has 2 saturated carbocycles. The van der Waals surface area contributed by atoms with Crippen LogP contribution in [0.2, 0.25) is 0 Å². The summed E-state index contributed by atoms with van der Waals surface area (Å²) in [4.78, 5) is 0. The molecule has 0 radical (unpaired) electrons. The summed E-state index contributed by atoms with van der Waals surface area (Å²) in [5.74, 6) is 0.811. The summed E-state index contributed by atoms with van der Waals surface area (Å²) in [5, 5.41) is 0. The second-order valence-electron chi connectivity index (χ2n) is 12.9. The van der Waals surface area contributed by atoms with Crippen LogP contribution in [0.25, 0.3) is 22.3 Å². The zero-order valence-corrected chi connectivity index (χ0v) is 25.7. The number of halogens is 3. The Balaban J connectivity index is 1.17. The van der Waals surface area contributed by atoms with Crippen LogP contribution in [0.4, 0.5) is 13.2 Å². The van der Waals surface area contributed by atoms with E-state index in [-0.39, 0.29) is 23.7 Å². The Bertz CT molecular complexity index is 1330. The third kappa shape index (κ3) is 7.75. The van der Waals surface area contributed by atoms with Crippen LogP contribution in [0.15, 0.2) is 67.3 Å². The number of benzene rings is 3. The van der Waals surface area contributed by atoms with Crippen molar-refractivity contribution in [1.29, 1.82) is 0 Å². The van der Waals surface area contributed by atoms with Gasteiger partial charge in [-0.15, -0.1) is 6.58 Å². The van der Waals surface area contributed by atoms with Crippen molar-refractivity contribution in [2.45, 2.75) is 96.3 Å². The Morgan fingerprint density at radius 2 is 1.37 bits per heavy atom. The summed E-state index contributed by atoms with van der Waals surface area (Å²) in [7, 11) is 0. The Morgan fingerprint density at radius 1 is 0.744 bits per heavy atom. The van der Waals surface area contributed by atoms with Crippen molar-refractivity contribution in [3.05, 3.63) is 90.3 Å². The van der Waals surface area contributed by atoms with Crippen molar-refractivity contribution in [2.24, 2.45) is 17.8 Å². The third-order valence-electron chi connectivity index (χ3n) is 10.1. The molecule has 1 nitrogen and oxygen atoms in total. The van der Waals surface area contributed by atoms with Gasteiger partial charge in [0.05, 0.1) is 6.61 Å². The van der Waals surface area contributed by atoms with Crippen molar-refractivity contribution >= 4 is 0 Å². The van der Waals surface area contributed by atoms with Crippen LogP contribution in [0, 0.1) is 35.2 Å². The summed E-state index contributed by atoms with van der Waals surface area (Å²) >= 11 is 0. The summed E-state index contributed by atoms with van der Waals surface area (Å²) in [5.41, 5.74) is 3.01. The zero-order valence-electron chi connectivity index (χ0n) is 25.7. The SMILES string of the molecule is C=CCCOc1ccc(-c2ccc(-c3ccc(C4CCC(C5CCC(CCCCC)CC5)CC4)cc3F)cc2)c(F)c1F. The molecule has 0 N–H and O–H groups in total. The molecule has 0 amide bonds. The molecule has 0 bridgehead atoms. The van der Waals surface area contributed by atoms with Gasteiger partial charge in [-0.1, -0.05) is 87.9 Å². The third-order valence-corrected chi connectivity index (χ3v) is 10.1.